The molecule has 1 rings (SSSR count). The number of ether oxygens (including phenoxy) is 1. The van der Waals surface area contributed by atoms with Crippen molar-refractivity contribution in [1.82, 2.24) is 0 Å². The maximum absolute atomic E-state index is 11.7. The highest BCUT2D eigenvalue weighted by molar-refractivity contribution is 5.78. The van der Waals surface area contributed by atoms with Crippen LogP contribution in [0.4, 0.5) is 0 Å². The molecule has 0 radical (unpaired) electrons. The van der Waals surface area contributed by atoms with E-state index in [2.05, 4.69) is 0 Å². The van der Waals surface area contributed by atoms with Gasteiger partial charge in [0, 0.05) is 20.0 Å². The van der Waals surface area contributed by atoms with E-state index in [0.29, 0.717) is 18.1 Å². The summed E-state index contributed by atoms with van der Waals surface area (Å²) in [7, 11) is 1.71. The van der Waals surface area contributed by atoms with Gasteiger partial charge < -0.3 is 4.74 Å². The van der Waals surface area contributed by atoms with Gasteiger partial charge in [0.2, 0.25) is 0 Å². The van der Waals surface area contributed by atoms with Gasteiger partial charge >= 0.3 is 0 Å². The van der Waals surface area contributed by atoms with Crippen LogP contribution < -0.4 is 0 Å². The van der Waals surface area contributed by atoms with E-state index in [1.807, 2.05) is 13.8 Å². The fourth-order valence-corrected chi connectivity index (χ4v) is 2.18. The molecule has 0 aromatic heterocycles. The Hall–Kier alpha value is -0.370. The summed E-state index contributed by atoms with van der Waals surface area (Å²) in [6.45, 7) is 4.08. The summed E-state index contributed by atoms with van der Waals surface area (Å²) in [6, 6.07) is 0. The van der Waals surface area contributed by atoms with E-state index in [-0.39, 0.29) is 5.60 Å². The topological polar surface area (TPSA) is 26.3 Å². The van der Waals surface area contributed by atoms with E-state index in [1.54, 1.807) is 7.11 Å². The first kappa shape index (κ1) is 12.7. The molecule has 2 nitrogen and oxygen atoms in total. The lowest BCUT2D eigenvalue weighted by molar-refractivity contribution is -0.121. The number of hydrogen-bond acceptors (Lipinski definition) is 2. The second-order valence-electron chi connectivity index (χ2n) is 5.36. The Morgan fingerprint density at radius 1 is 1.33 bits per heavy atom. The van der Waals surface area contributed by atoms with Gasteiger partial charge in [-0.15, -0.1) is 0 Å². The molecule has 0 aromatic rings. The second kappa shape index (κ2) is 5.64. The molecule has 0 aromatic carbocycles. The summed E-state index contributed by atoms with van der Waals surface area (Å²) in [5.41, 5.74) is -0.147. The molecule has 1 aliphatic carbocycles. The Labute approximate surface area is 93.4 Å². The molecule has 1 saturated carbocycles. The molecule has 0 aliphatic heterocycles. The van der Waals surface area contributed by atoms with Crippen LogP contribution in [0.2, 0.25) is 0 Å². The van der Waals surface area contributed by atoms with E-state index < -0.39 is 0 Å². The molecule has 0 bridgehead atoms. The fraction of sp³-hybridized carbons (Fsp3) is 0.923. The molecular weight excluding hydrogens is 188 g/mol. The zero-order valence-electron chi connectivity index (χ0n) is 10.3. The van der Waals surface area contributed by atoms with Crippen molar-refractivity contribution in [3.63, 3.8) is 0 Å². The first-order valence-electron chi connectivity index (χ1n) is 6.10. The van der Waals surface area contributed by atoms with Crippen LogP contribution in [-0.2, 0) is 9.53 Å². The molecule has 0 saturated heterocycles. The Kier molecular flexibility index (Phi) is 4.78. The molecule has 0 N–H and O–H groups in total. The van der Waals surface area contributed by atoms with E-state index in [9.17, 15) is 4.79 Å². The molecule has 0 amide bonds. The van der Waals surface area contributed by atoms with Crippen LogP contribution in [0, 0.1) is 5.92 Å². The Morgan fingerprint density at radius 2 is 1.93 bits per heavy atom. The van der Waals surface area contributed by atoms with Crippen molar-refractivity contribution in [1.29, 1.82) is 0 Å². The lowest BCUT2D eigenvalue weighted by atomic mass is 9.95. The van der Waals surface area contributed by atoms with Gasteiger partial charge in [0.1, 0.15) is 5.78 Å². The third-order valence-electron chi connectivity index (χ3n) is 3.55. The van der Waals surface area contributed by atoms with Crippen molar-refractivity contribution >= 4 is 5.78 Å². The number of Topliss-reactive ketones (excluding diaryl/α,β-unsaturated/α-hetero) is 1. The first-order valence-corrected chi connectivity index (χ1v) is 6.10. The van der Waals surface area contributed by atoms with Gasteiger partial charge in [-0.1, -0.05) is 25.7 Å². The van der Waals surface area contributed by atoms with Crippen LogP contribution in [0.3, 0.4) is 0 Å². The van der Waals surface area contributed by atoms with Gasteiger partial charge in [0.25, 0.3) is 0 Å². The predicted octanol–water partition coefficient (Wildman–Crippen LogP) is 3.34. The molecule has 1 fully saturated rings. The van der Waals surface area contributed by atoms with Gasteiger partial charge in [-0.3, -0.25) is 4.79 Å². The highest BCUT2D eigenvalue weighted by Crippen LogP contribution is 2.28. The van der Waals surface area contributed by atoms with Crippen LogP contribution in [0.25, 0.3) is 0 Å². The van der Waals surface area contributed by atoms with Crippen LogP contribution in [-0.4, -0.2) is 18.5 Å². The van der Waals surface area contributed by atoms with Crippen molar-refractivity contribution in [2.45, 2.75) is 64.4 Å². The average molecular weight is 212 g/mol. The Bertz CT molecular complexity index is 203. The lowest BCUT2D eigenvalue weighted by Gasteiger charge is -2.22. The van der Waals surface area contributed by atoms with E-state index in [0.717, 1.165) is 12.8 Å². The van der Waals surface area contributed by atoms with Crippen molar-refractivity contribution in [3.8, 4) is 0 Å². The number of rotatable bonds is 6. The molecule has 0 atom stereocenters. The van der Waals surface area contributed by atoms with E-state index in [1.165, 1.54) is 25.7 Å². The van der Waals surface area contributed by atoms with E-state index in [4.69, 9.17) is 4.74 Å². The maximum Gasteiger partial charge on any atom is 0.133 e. The SMILES string of the molecule is COC(C)(C)CCC(=O)CC1CCCC1. The molecule has 2 heteroatoms. The Morgan fingerprint density at radius 3 is 2.47 bits per heavy atom. The second-order valence-corrected chi connectivity index (χ2v) is 5.36. The van der Waals surface area contributed by atoms with Gasteiger partial charge in [-0.05, 0) is 26.2 Å². The molecular formula is C13H24O2. The fourth-order valence-electron chi connectivity index (χ4n) is 2.18. The largest absolute Gasteiger partial charge is 0.379 e. The van der Waals surface area contributed by atoms with Crippen LogP contribution in [0.15, 0.2) is 0 Å². The van der Waals surface area contributed by atoms with Crippen LogP contribution >= 0.6 is 0 Å². The molecule has 88 valence electrons. The molecule has 15 heavy (non-hydrogen) atoms. The third-order valence-corrected chi connectivity index (χ3v) is 3.55. The van der Waals surface area contributed by atoms with Gasteiger partial charge in [0.15, 0.2) is 0 Å². The minimum Gasteiger partial charge on any atom is -0.379 e. The molecule has 0 spiro atoms. The van der Waals surface area contributed by atoms with Crippen LogP contribution in [0.5, 0.6) is 0 Å². The lowest BCUT2D eigenvalue weighted by Crippen LogP contribution is -2.23. The molecule has 1 aliphatic rings. The van der Waals surface area contributed by atoms with E-state index >= 15 is 0 Å². The molecule has 0 heterocycles. The van der Waals surface area contributed by atoms with Crippen LogP contribution in [0.1, 0.15) is 58.8 Å². The van der Waals surface area contributed by atoms with Crippen molar-refractivity contribution in [2.24, 2.45) is 5.92 Å². The summed E-state index contributed by atoms with van der Waals surface area (Å²) in [6.07, 6.45) is 7.49. The van der Waals surface area contributed by atoms with Crippen molar-refractivity contribution < 1.29 is 9.53 Å². The maximum atomic E-state index is 11.7. The normalized spacial score (nSPS) is 18.3. The third kappa shape index (κ3) is 4.78. The summed E-state index contributed by atoms with van der Waals surface area (Å²) in [4.78, 5) is 11.7. The predicted molar refractivity (Wildman–Crippen MR) is 61.9 cm³/mol. The minimum atomic E-state index is -0.147. The number of carbonyl (C=O) groups is 1. The highest BCUT2D eigenvalue weighted by atomic mass is 16.5. The summed E-state index contributed by atoms with van der Waals surface area (Å²) >= 11 is 0. The monoisotopic (exact) mass is 212 g/mol. The highest BCUT2D eigenvalue weighted by Gasteiger charge is 2.21. The zero-order valence-corrected chi connectivity index (χ0v) is 10.3. The summed E-state index contributed by atoms with van der Waals surface area (Å²) in [5.74, 6) is 1.11. The summed E-state index contributed by atoms with van der Waals surface area (Å²) in [5, 5.41) is 0. The number of hydrogen-bond donors (Lipinski definition) is 0. The first-order chi connectivity index (χ1) is 7.03. The quantitative estimate of drug-likeness (QED) is 0.675. The van der Waals surface area contributed by atoms with Gasteiger partial charge in [0.05, 0.1) is 5.60 Å². The minimum absolute atomic E-state index is 0.147. The number of ketones is 1. The van der Waals surface area contributed by atoms with Crippen molar-refractivity contribution in [2.75, 3.05) is 7.11 Å². The average Bonchev–Trinajstić information content (AvgIpc) is 2.68. The number of carbonyl (C=O) groups excluding carboxylic acids is 1. The Balaban J connectivity index is 2.18. The zero-order chi connectivity index (χ0) is 11.3. The van der Waals surface area contributed by atoms with Gasteiger partial charge in [-0.25, -0.2) is 0 Å². The van der Waals surface area contributed by atoms with Crippen molar-refractivity contribution in [3.05, 3.63) is 0 Å². The summed E-state index contributed by atoms with van der Waals surface area (Å²) < 4.78 is 5.31. The van der Waals surface area contributed by atoms with Gasteiger partial charge in [-0.2, -0.15) is 0 Å². The number of methoxy groups -OCH3 is 1. The smallest absolute Gasteiger partial charge is 0.133 e. The molecule has 0 unspecified atom stereocenters. The standard InChI is InChI=1S/C13H24O2/c1-13(2,15-3)9-8-12(14)10-11-6-4-5-7-11/h11H,4-10H2,1-3H3.